The van der Waals surface area contributed by atoms with Crippen LogP contribution in [-0.4, -0.2) is 37.5 Å². The smallest absolute Gasteiger partial charge is 0.253 e. The lowest BCUT2D eigenvalue weighted by molar-refractivity contribution is 0.0766. The number of likely N-dealkylation sites (N-methyl/N-ethyl adjacent to an activating group) is 2. The number of carbonyl (C=O) groups excluding carboxylic acids is 1. The Balaban J connectivity index is 2.70. The number of nitrogens with zero attached hydrogens (tertiary/aromatic N) is 1. The average Bonchev–Trinajstić information content (AvgIpc) is 2.30. The van der Waals surface area contributed by atoms with Crippen LogP contribution in [0.5, 0.6) is 0 Å². The van der Waals surface area contributed by atoms with E-state index in [1.807, 2.05) is 50.1 Å². The van der Waals surface area contributed by atoms with Crippen molar-refractivity contribution in [2.24, 2.45) is 0 Å². The van der Waals surface area contributed by atoms with Crippen molar-refractivity contribution in [3.63, 3.8) is 0 Å². The fourth-order valence-corrected chi connectivity index (χ4v) is 1.53. The summed E-state index contributed by atoms with van der Waals surface area (Å²) >= 11 is 0. The number of rotatable bonds is 5. The minimum atomic E-state index is 0.109. The molecule has 16 heavy (non-hydrogen) atoms. The normalized spacial score (nSPS) is 10.2. The van der Waals surface area contributed by atoms with Crippen LogP contribution in [0.15, 0.2) is 24.3 Å². The Morgan fingerprint density at radius 1 is 1.31 bits per heavy atom. The molecule has 3 heteroatoms. The van der Waals surface area contributed by atoms with Crippen molar-refractivity contribution in [1.82, 2.24) is 10.2 Å². The van der Waals surface area contributed by atoms with Crippen molar-refractivity contribution >= 4 is 5.91 Å². The molecule has 0 bridgehead atoms. The van der Waals surface area contributed by atoms with E-state index in [1.165, 1.54) is 5.56 Å². The van der Waals surface area contributed by atoms with Crippen LogP contribution < -0.4 is 5.32 Å². The number of amides is 1. The summed E-state index contributed by atoms with van der Waals surface area (Å²) in [4.78, 5) is 13.9. The third-order valence-corrected chi connectivity index (χ3v) is 2.60. The summed E-state index contributed by atoms with van der Waals surface area (Å²) in [5.41, 5.74) is 1.94. The van der Waals surface area contributed by atoms with Gasteiger partial charge in [0.05, 0.1) is 0 Å². The zero-order chi connectivity index (χ0) is 12.0. The van der Waals surface area contributed by atoms with Gasteiger partial charge in [-0.15, -0.1) is 0 Å². The van der Waals surface area contributed by atoms with Crippen LogP contribution in [0, 0.1) is 6.92 Å². The molecule has 1 aromatic carbocycles. The Hall–Kier alpha value is -1.35. The van der Waals surface area contributed by atoms with Gasteiger partial charge < -0.3 is 10.2 Å². The van der Waals surface area contributed by atoms with Gasteiger partial charge in [0.2, 0.25) is 0 Å². The summed E-state index contributed by atoms with van der Waals surface area (Å²) < 4.78 is 0. The fourth-order valence-electron chi connectivity index (χ4n) is 1.53. The maximum Gasteiger partial charge on any atom is 0.253 e. The van der Waals surface area contributed by atoms with E-state index in [9.17, 15) is 4.79 Å². The predicted octanol–water partition coefficient (Wildman–Crippen LogP) is 1.68. The summed E-state index contributed by atoms with van der Waals surface area (Å²) in [6.45, 7) is 6.34. The molecular formula is C13H20N2O. The van der Waals surface area contributed by atoms with Gasteiger partial charge in [0.25, 0.3) is 5.91 Å². The lowest BCUT2D eigenvalue weighted by atomic mass is 10.1. The average molecular weight is 220 g/mol. The van der Waals surface area contributed by atoms with Gasteiger partial charge in [-0.2, -0.15) is 0 Å². The lowest BCUT2D eigenvalue weighted by Gasteiger charge is -2.20. The molecule has 3 nitrogen and oxygen atoms in total. The number of benzene rings is 1. The number of hydrogen-bond acceptors (Lipinski definition) is 2. The summed E-state index contributed by atoms with van der Waals surface area (Å²) in [5.74, 6) is 0.109. The number of aryl methyl sites for hydroxylation is 1. The highest BCUT2D eigenvalue weighted by atomic mass is 16.2. The molecule has 0 spiro atoms. The summed E-state index contributed by atoms with van der Waals surface area (Å²) in [7, 11) is 1.89. The van der Waals surface area contributed by atoms with Crippen LogP contribution in [0.1, 0.15) is 22.8 Å². The van der Waals surface area contributed by atoms with Crippen LogP contribution in [0.2, 0.25) is 0 Å². The highest BCUT2D eigenvalue weighted by Gasteiger charge is 2.12. The maximum absolute atomic E-state index is 12.1. The van der Waals surface area contributed by atoms with E-state index < -0.39 is 0 Å². The largest absolute Gasteiger partial charge is 0.338 e. The summed E-state index contributed by atoms with van der Waals surface area (Å²) in [6, 6.07) is 7.72. The molecule has 0 saturated heterocycles. The van der Waals surface area contributed by atoms with E-state index in [-0.39, 0.29) is 5.91 Å². The summed E-state index contributed by atoms with van der Waals surface area (Å²) in [6.07, 6.45) is 0. The van der Waals surface area contributed by atoms with Gasteiger partial charge in [-0.1, -0.05) is 17.7 Å². The minimum absolute atomic E-state index is 0.109. The minimum Gasteiger partial charge on any atom is -0.338 e. The van der Waals surface area contributed by atoms with Crippen molar-refractivity contribution in [2.45, 2.75) is 13.8 Å². The molecule has 0 radical (unpaired) electrons. The zero-order valence-corrected chi connectivity index (χ0v) is 10.3. The first-order valence-corrected chi connectivity index (χ1v) is 5.69. The van der Waals surface area contributed by atoms with E-state index >= 15 is 0 Å². The molecule has 0 fully saturated rings. The van der Waals surface area contributed by atoms with Gasteiger partial charge in [0.15, 0.2) is 0 Å². The van der Waals surface area contributed by atoms with Crippen molar-refractivity contribution in [1.29, 1.82) is 0 Å². The van der Waals surface area contributed by atoms with Gasteiger partial charge in [0, 0.05) is 25.2 Å². The first-order chi connectivity index (χ1) is 7.69. The van der Waals surface area contributed by atoms with Gasteiger partial charge in [0.1, 0.15) is 0 Å². The first kappa shape index (κ1) is 12.7. The molecule has 0 unspecified atom stereocenters. The van der Waals surface area contributed by atoms with Crippen LogP contribution in [-0.2, 0) is 0 Å². The molecular weight excluding hydrogens is 200 g/mol. The number of nitrogens with one attached hydrogen (secondary N) is 1. The Kier molecular flexibility index (Phi) is 4.99. The number of hydrogen-bond donors (Lipinski definition) is 1. The van der Waals surface area contributed by atoms with Crippen molar-refractivity contribution in [3.05, 3.63) is 35.4 Å². The third kappa shape index (κ3) is 3.35. The fraction of sp³-hybridized carbons (Fsp3) is 0.462. The van der Waals surface area contributed by atoms with Gasteiger partial charge >= 0.3 is 0 Å². The molecule has 1 aromatic rings. The highest BCUT2D eigenvalue weighted by molar-refractivity contribution is 5.94. The number of carbonyl (C=O) groups is 1. The molecule has 1 rings (SSSR count). The predicted molar refractivity (Wildman–Crippen MR) is 66.7 cm³/mol. The Morgan fingerprint density at radius 2 is 1.94 bits per heavy atom. The molecule has 1 N–H and O–H groups in total. The van der Waals surface area contributed by atoms with Crippen LogP contribution in [0.25, 0.3) is 0 Å². The second kappa shape index (κ2) is 6.28. The molecule has 0 aliphatic heterocycles. The molecule has 88 valence electrons. The van der Waals surface area contributed by atoms with Crippen LogP contribution in [0.3, 0.4) is 0 Å². The first-order valence-electron chi connectivity index (χ1n) is 5.69. The van der Waals surface area contributed by atoms with Crippen LogP contribution >= 0.6 is 0 Å². The monoisotopic (exact) mass is 220 g/mol. The van der Waals surface area contributed by atoms with Gasteiger partial charge in [-0.25, -0.2) is 0 Å². The van der Waals surface area contributed by atoms with Crippen LogP contribution in [0.4, 0.5) is 0 Å². The van der Waals surface area contributed by atoms with E-state index in [1.54, 1.807) is 0 Å². The SMILES string of the molecule is CCN(CCNC)C(=O)c1ccc(C)cc1. The molecule has 0 aliphatic carbocycles. The van der Waals surface area contributed by atoms with Gasteiger partial charge in [-0.3, -0.25) is 4.79 Å². The second-order valence-electron chi connectivity index (χ2n) is 3.85. The van der Waals surface area contributed by atoms with E-state index in [0.717, 1.165) is 25.2 Å². The maximum atomic E-state index is 12.1. The van der Waals surface area contributed by atoms with Gasteiger partial charge in [-0.05, 0) is 33.0 Å². The van der Waals surface area contributed by atoms with Crippen molar-refractivity contribution in [2.75, 3.05) is 26.7 Å². The Bertz CT molecular complexity index is 332. The van der Waals surface area contributed by atoms with Crippen molar-refractivity contribution < 1.29 is 4.79 Å². The highest BCUT2D eigenvalue weighted by Crippen LogP contribution is 2.06. The quantitative estimate of drug-likeness (QED) is 0.818. The second-order valence-corrected chi connectivity index (χ2v) is 3.85. The Labute approximate surface area is 97.5 Å². The van der Waals surface area contributed by atoms with E-state index in [0.29, 0.717) is 0 Å². The molecule has 0 aliphatic rings. The van der Waals surface area contributed by atoms with E-state index in [2.05, 4.69) is 5.32 Å². The Morgan fingerprint density at radius 3 is 2.44 bits per heavy atom. The standard InChI is InChI=1S/C13H20N2O/c1-4-15(10-9-14-3)13(16)12-7-5-11(2)6-8-12/h5-8,14H,4,9-10H2,1-3H3. The molecule has 0 saturated carbocycles. The zero-order valence-electron chi connectivity index (χ0n) is 10.3. The summed E-state index contributed by atoms with van der Waals surface area (Å²) in [5, 5.41) is 3.05. The van der Waals surface area contributed by atoms with E-state index in [4.69, 9.17) is 0 Å². The third-order valence-electron chi connectivity index (χ3n) is 2.60. The lowest BCUT2D eigenvalue weighted by Crippen LogP contribution is -2.35. The topological polar surface area (TPSA) is 32.3 Å². The molecule has 0 atom stereocenters. The molecule has 1 amide bonds. The molecule has 0 aromatic heterocycles. The molecule has 0 heterocycles. The van der Waals surface area contributed by atoms with Crippen molar-refractivity contribution in [3.8, 4) is 0 Å².